The van der Waals surface area contributed by atoms with Gasteiger partial charge in [-0.1, -0.05) is 18.2 Å². The Kier molecular flexibility index (Phi) is 5.75. The first-order valence-corrected chi connectivity index (χ1v) is 8.92. The third-order valence-electron chi connectivity index (χ3n) is 4.64. The van der Waals surface area contributed by atoms with Gasteiger partial charge in [0.1, 0.15) is 17.6 Å². The lowest BCUT2D eigenvalue weighted by atomic mass is 9.98. The average Bonchev–Trinajstić information content (AvgIpc) is 2.97. The number of methoxy groups -OCH3 is 1. The maximum Gasteiger partial charge on any atom is 0.295 e. The van der Waals surface area contributed by atoms with Gasteiger partial charge >= 0.3 is 0 Å². The fourth-order valence-corrected chi connectivity index (χ4v) is 3.19. The monoisotopic (exact) mass is 381 g/mol. The van der Waals surface area contributed by atoms with Crippen LogP contribution in [0.2, 0.25) is 0 Å². The number of benzene rings is 1. The van der Waals surface area contributed by atoms with Crippen LogP contribution in [0.25, 0.3) is 5.76 Å². The molecule has 1 aromatic heterocycles. The zero-order valence-electron chi connectivity index (χ0n) is 16.1. The van der Waals surface area contributed by atoms with Crippen molar-refractivity contribution in [1.29, 1.82) is 0 Å². The van der Waals surface area contributed by atoms with Crippen LogP contribution in [-0.2, 0) is 9.59 Å². The lowest BCUT2D eigenvalue weighted by molar-refractivity contribution is -0.140. The lowest BCUT2D eigenvalue weighted by Gasteiger charge is -2.25. The fourth-order valence-electron chi connectivity index (χ4n) is 3.19. The molecular formula is C21H23N3O4. The van der Waals surface area contributed by atoms with E-state index in [4.69, 9.17) is 4.74 Å². The Labute approximate surface area is 163 Å². The zero-order chi connectivity index (χ0) is 20.3. The van der Waals surface area contributed by atoms with Crippen LogP contribution in [0.3, 0.4) is 0 Å². The number of carbonyl (C=O) groups is 2. The summed E-state index contributed by atoms with van der Waals surface area (Å²) in [6.45, 7) is 0.920. The number of nitrogens with zero attached hydrogens (tertiary/aromatic N) is 3. The average molecular weight is 381 g/mol. The summed E-state index contributed by atoms with van der Waals surface area (Å²) in [6.07, 6.45) is 1.60. The molecule has 1 aromatic carbocycles. The Morgan fingerprint density at radius 2 is 2.00 bits per heavy atom. The van der Waals surface area contributed by atoms with Crippen molar-refractivity contribution in [3.8, 4) is 5.75 Å². The molecule has 0 radical (unpaired) electrons. The molecule has 1 aliphatic rings. The summed E-state index contributed by atoms with van der Waals surface area (Å²) < 4.78 is 5.20. The minimum Gasteiger partial charge on any atom is -0.507 e. The highest BCUT2D eigenvalue weighted by Gasteiger charge is 2.46. The molecule has 1 atom stereocenters. The summed E-state index contributed by atoms with van der Waals surface area (Å²) in [7, 11) is 5.30. The minimum absolute atomic E-state index is 0.0377. The van der Waals surface area contributed by atoms with E-state index in [0.29, 0.717) is 30.1 Å². The molecule has 146 valence electrons. The Balaban J connectivity index is 2.13. The smallest absolute Gasteiger partial charge is 0.295 e. The van der Waals surface area contributed by atoms with Crippen molar-refractivity contribution in [3.63, 3.8) is 0 Å². The molecule has 1 saturated heterocycles. The Morgan fingerprint density at radius 3 is 2.64 bits per heavy atom. The molecule has 0 unspecified atom stereocenters. The molecule has 0 aliphatic carbocycles. The van der Waals surface area contributed by atoms with Crippen LogP contribution in [-0.4, -0.2) is 65.9 Å². The number of hydrogen-bond acceptors (Lipinski definition) is 6. The Morgan fingerprint density at radius 1 is 1.21 bits per heavy atom. The van der Waals surface area contributed by atoms with Crippen molar-refractivity contribution < 1.29 is 19.4 Å². The molecule has 0 saturated carbocycles. The molecule has 1 N–H and O–H groups in total. The van der Waals surface area contributed by atoms with Gasteiger partial charge in [0.05, 0.1) is 18.4 Å². The summed E-state index contributed by atoms with van der Waals surface area (Å²) in [4.78, 5) is 33.3. The summed E-state index contributed by atoms with van der Waals surface area (Å²) in [6, 6.07) is 11.3. The Bertz CT molecular complexity index is 909. The predicted molar refractivity (Wildman–Crippen MR) is 105 cm³/mol. The number of likely N-dealkylation sites (N-methyl/N-ethyl adjacent to an activating group) is 1. The van der Waals surface area contributed by atoms with E-state index in [1.807, 2.05) is 19.0 Å². The minimum atomic E-state index is -0.743. The van der Waals surface area contributed by atoms with Gasteiger partial charge in [0.2, 0.25) is 0 Å². The van der Waals surface area contributed by atoms with Crippen LogP contribution in [0, 0.1) is 0 Å². The zero-order valence-corrected chi connectivity index (χ0v) is 16.1. The number of ketones is 1. The quantitative estimate of drug-likeness (QED) is 0.469. The molecular weight excluding hydrogens is 358 g/mol. The highest BCUT2D eigenvalue weighted by Crippen LogP contribution is 2.38. The standard InChI is InChI=1S/C21H23N3O4/c1-23(2)11-12-24-18(16-9-4-5-10-22-16)17(20(26)21(24)27)19(25)14-7-6-8-15(13-14)28-3/h4-10,13,18,25H,11-12H2,1-3H3/t18-/m0/s1. The molecule has 2 aromatic rings. The maximum absolute atomic E-state index is 12.8. The van der Waals surface area contributed by atoms with E-state index in [9.17, 15) is 14.7 Å². The second-order valence-corrected chi connectivity index (χ2v) is 6.78. The molecule has 2 heterocycles. The van der Waals surface area contributed by atoms with Gasteiger partial charge in [-0.2, -0.15) is 0 Å². The van der Waals surface area contributed by atoms with Crippen molar-refractivity contribution in [3.05, 3.63) is 65.5 Å². The molecule has 0 spiro atoms. The highest BCUT2D eigenvalue weighted by molar-refractivity contribution is 6.46. The fraction of sp³-hybridized carbons (Fsp3) is 0.286. The van der Waals surface area contributed by atoms with E-state index in [1.54, 1.807) is 48.7 Å². The number of carbonyl (C=O) groups excluding carboxylic acids is 2. The summed E-state index contributed by atoms with van der Waals surface area (Å²) >= 11 is 0. The number of likely N-dealkylation sites (tertiary alicyclic amines) is 1. The highest BCUT2D eigenvalue weighted by atomic mass is 16.5. The van der Waals surface area contributed by atoms with Gasteiger partial charge < -0.3 is 19.6 Å². The van der Waals surface area contributed by atoms with Crippen LogP contribution >= 0.6 is 0 Å². The number of Topliss-reactive ketones (excluding diaryl/α,β-unsaturated/α-hetero) is 1. The summed E-state index contributed by atoms with van der Waals surface area (Å²) in [5.41, 5.74) is 0.978. The van der Waals surface area contributed by atoms with Crippen molar-refractivity contribution >= 4 is 17.4 Å². The molecule has 0 bridgehead atoms. The maximum atomic E-state index is 12.8. The third-order valence-corrected chi connectivity index (χ3v) is 4.64. The van der Waals surface area contributed by atoms with E-state index in [2.05, 4.69) is 4.98 Å². The van der Waals surface area contributed by atoms with Gasteiger partial charge in [-0.05, 0) is 38.4 Å². The summed E-state index contributed by atoms with van der Waals surface area (Å²) in [5.74, 6) is -1.04. The van der Waals surface area contributed by atoms with Gasteiger partial charge in [0.25, 0.3) is 11.7 Å². The molecule has 1 aliphatic heterocycles. The van der Waals surface area contributed by atoms with Gasteiger partial charge in [-0.3, -0.25) is 14.6 Å². The van der Waals surface area contributed by atoms with Crippen molar-refractivity contribution in [2.45, 2.75) is 6.04 Å². The third kappa shape index (κ3) is 3.75. The first kappa shape index (κ1) is 19.6. The number of aliphatic hydroxyl groups excluding tert-OH is 1. The molecule has 7 heteroatoms. The summed E-state index contributed by atoms with van der Waals surface area (Å²) in [5, 5.41) is 10.9. The van der Waals surface area contributed by atoms with E-state index < -0.39 is 17.7 Å². The predicted octanol–water partition coefficient (Wildman–Crippen LogP) is 2.07. The molecule has 28 heavy (non-hydrogen) atoms. The van der Waals surface area contributed by atoms with E-state index >= 15 is 0 Å². The van der Waals surface area contributed by atoms with Crippen molar-refractivity contribution in [1.82, 2.24) is 14.8 Å². The number of amides is 1. The second kappa shape index (κ2) is 8.22. The number of hydrogen-bond donors (Lipinski definition) is 1. The van der Waals surface area contributed by atoms with Crippen LogP contribution in [0.4, 0.5) is 0 Å². The van der Waals surface area contributed by atoms with Crippen LogP contribution in [0.15, 0.2) is 54.2 Å². The van der Waals surface area contributed by atoms with Gasteiger partial charge in [-0.25, -0.2) is 0 Å². The molecule has 3 rings (SSSR count). The lowest BCUT2D eigenvalue weighted by Crippen LogP contribution is -2.35. The molecule has 1 fully saturated rings. The Hall–Kier alpha value is -3.19. The normalized spacial score (nSPS) is 18.7. The van der Waals surface area contributed by atoms with Crippen LogP contribution < -0.4 is 4.74 Å². The van der Waals surface area contributed by atoms with Crippen LogP contribution in [0.1, 0.15) is 17.3 Å². The van der Waals surface area contributed by atoms with E-state index in [-0.39, 0.29) is 11.3 Å². The second-order valence-electron chi connectivity index (χ2n) is 6.78. The number of rotatable bonds is 6. The van der Waals surface area contributed by atoms with Crippen molar-refractivity contribution in [2.75, 3.05) is 34.3 Å². The number of aliphatic hydroxyl groups is 1. The van der Waals surface area contributed by atoms with Gasteiger partial charge in [0, 0.05) is 24.8 Å². The number of aromatic nitrogens is 1. The van der Waals surface area contributed by atoms with Crippen LogP contribution in [0.5, 0.6) is 5.75 Å². The van der Waals surface area contributed by atoms with Gasteiger partial charge in [-0.15, -0.1) is 0 Å². The van der Waals surface area contributed by atoms with E-state index in [0.717, 1.165) is 0 Å². The first-order chi connectivity index (χ1) is 13.4. The first-order valence-electron chi connectivity index (χ1n) is 8.92. The topological polar surface area (TPSA) is 83.0 Å². The molecule has 1 amide bonds. The van der Waals surface area contributed by atoms with Gasteiger partial charge in [0.15, 0.2) is 0 Å². The number of pyridine rings is 1. The largest absolute Gasteiger partial charge is 0.507 e. The van der Waals surface area contributed by atoms with E-state index in [1.165, 1.54) is 12.0 Å². The molecule has 7 nitrogen and oxygen atoms in total. The number of ether oxygens (including phenoxy) is 1. The SMILES string of the molecule is COc1cccc(C(O)=C2C(=O)C(=O)N(CCN(C)C)[C@H]2c2ccccn2)c1. The van der Waals surface area contributed by atoms with Crippen molar-refractivity contribution in [2.24, 2.45) is 0 Å².